The zero-order valence-corrected chi connectivity index (χ0v) is 9.59. The lowest BCUT2D eigenvalue weighted by atomic mass is 10.3. The lowest BCUT2D eigenvalue weighted by molar-refractivity contribution is 0.635. The van der Waals surface area contributed by atoms with Gasteiger partial charge in [0.05, 0.1) is 5.69 Å². The molecule has 2 aromatic rings. The first kappa shape index (κ1) is 10.7. The van der Waals surface area contributed by atoms with Crippen LogP contribution in [0.25, 0.3) is 0 Å². The summed E-state index contributed by atoms with van der Waals surface area (Å²) in [6.07, 6.45) is 6.89. The van der Waals surface area contributed by atoms with E-state index in [0.717, 1.165) is 36.7 Å². The Bertz CT molecular complexity index is 449. The van der Waals surface area contributed by atoms with Crippen LogP contribution in [0.1, 0.15) is 24.3 Å². The Morgan fingerprint density at radius 1 is 1.25 bits per heavy atom. The van der Waals surface area contributed by atoms with Crippen molar-refractivity contribution in [3.63, 3.8) is 0 Å². The Labute approximate surface area is 94.6 Å². The molecule has 0 spiro atoms. The highest BCUT2D eigenvalue weighted by atomic mass is 15.1. The second kappa shape index (κ2) is 4.83. The number of nitrogens with zero attached hydrogens (tertiary/aromatic N) is 5. The van der Waals surface area contributed by atoms with E-state index in [9.17, 15) is 0 Å². The van der Waals surface area contributed by atoms with Crippen molar-refractivity contribution < 1.29 is 0 Å². The third-order valence-electron chi connectivity index (χ3n) is 2.42. The van der Waals surface area contributed by atoms with Crippen LogP contribution in [0.2, 0.25) is 0 Å². The lowest BCUT2D eigenvalue weighted by Gasteiger charge is -2.04. The molecule has 84 valence electrons. The van der Waals surface area contributed by atoms with Crippen LogP contribution in [0, 0.1) is 6.92 Å². The van der Waals surface area contributed by atoms with E-state index in [1.807, 2.05) is 6.92 Å². The van der Waals surface area contributed by atoms with E-state index < -0.39 is 0 Å². The topological polar surface area (TPSA) is 56.5 Å². The molecule has 5 nitrogen and oxygen atoms in total. The maximum absolute atomic E-state index is 4.45. The molecule has 0 atom stereocenters. The van der Waals surface area contributed by atoms with Crippen molar-refractivity contribution in [2.75, 3.05) is 0 Å². The van der Waals surface area contributed by atoms with Gasteiger partial charge in [-0.25, -0.2) is 19.9 Å². The van der Waals surface area contributed by atoms with Gasteiger partial charge in [-0.3, -0.25) is 0 Å². The van der Waals surface area contributed by atoms with E-state index in [0.29, 0.717) is 0 Å². The van der Waals surface area contributed by atoms with Crippen LogP contribution in [0.3, 0.4) is 0 Å². The molecule has 0 amide bonds. The van der Waals surface area contributed by atoms with Crippen LogP contribution in [0.4, 0.5) is 0 Å². The third-order valence-corrected chi connectivity index (χ3v) is 2.42. The highest BCUT2D eigenvalue weighted by Crippen LogP contribution is 2.04. The lowest BCUT2D eigenvalue weighted by Crippen LogP contribution is -2.06. The maximum Gasteiger partial charge on any atom is 0.133 e. The molecule has 0 fully saturated rings. The SMILES string of the molecule is CCc1nc(C)cn1CCc1ncncn1. The minimum atomic E-state index is 0.811. The van der Waals surface area contributed by atoms with Crippen molar-refractivity contribution in [3.05, 3.63) is 36.2 Å². The average molecular weight is 217 g/mol. The number of imidazole rings is 1. The van der Waals surface area contributed by atoms with Crippen molar-refractivity contribution in [2.45, 2.75) is 33.2 Å². The first-order valence-electron chi connectivity index (χ1n) is 5.43. The molecular weight excluding hydrogens is 202 g/mol. The summed E-state index contributed by atoms with van der Waals surface area (Å²) >= 11 is 0. The molecular formula is C11H15N5. The van der Waals surface area contributed by atoms with Gasteiger partial charge in [0.1, 0.15) is 24.3 Å². The smallest absolute Gasteiger partial charge is 0.133 e. The Kier molecular flexibility index (Phi) is 3.24. The van der Waals surface area contributed by atoms with Crippen LogP contribution in [-0.2, 0) is 19.4 Å². The van der Waals surface area contributed by atoms with Crippen molar-refractivity contribution in [3.8, 4) is 0 Å². The molecule has 2 rings (SSSR count). The second-order valence-electron chi connectivity index (χ2n) is 3.65. The molecule has 0 unspecified atom stereocenters. The van der Waals surface area contributed by atoms with Crippen molar-refractivity contribution in [1.82, 2.24) is 24.5 Å². The number of hydrogen-bond donors (Lipinski definition) is 0. The van der Waals surface area contributed by atoms with E-state index in [-0.39, 0.29) is 0 Å². The summed E-state index contributed by atoms with van der Waals surface area (Å²) in [6.45, 7) is 4.99. The van der Waals surface area contributed by atoms with Gasteiger partial charge in [-0.1, -0.05) is 6.92 Å². The fourth-order valence-corrected chi connectivity index (χ4v) is 1.69. The third kappa shape index (κ3) is 2.42. The Hall–Kier alpha value is -1.78. The van der Waals surface area contributed by atoms with Gasteiger partial charge in [-0.2, -0.15) is 0 Å². The molecule has 0 N–H and O–H groups in total. The van der Waals surface area contributed by atoms with Gasteiger partial charge >= 0.3 is 0 Å². The summed E-state index contributed by atoms with van der Waals surface area (Å²) in [5.41, 5.74) is 1.06. The standard InChI is InChI=1S/C11H15N5/c1-3-11-15-9(2)6-16(11)5-4-10-13-7-12-8-14-10/h6-8H,3-5H2,1-2H3. The average Bonchev–Trinajstić information content (AvgIpc) is 2.68. The molecule has 0 aromatic carbocycles. The first-order chi connectivity index (χ1) is 7.79. The van der Waals surface area contributed by atoms with Gasteiger partial charge in [0.15, 0.2) is 0 Å². The van der Waals surface area contributed by atoms with Crippen molar-refractivity contribution in [2.24, 2.45) is 0 Å². The summed E-state index contributed by atoms with van der Waals surface area (Å²) < 4.78 is 2.17. The fourth-order valence-electron chi connectivity index (χ4n) is 1.69. The molecule has 2 aromatic heterocycles. The molecule has 0 radical (unpaired) electrons. The number of aromatic nitrogens is 5. The molecule has 0 saturated heterocycles. The minimum absolute atomic E-state index is 0.811. The minimum Gasteiger partial charge on any atom is -0.334 e. The summed E-state index contributed by atoms with van der Waals surface area (Å²) in [5, 5.41) is 0. The molecule has 0 saturated carbocycles. The first-order valence-corrected chi connectivity index (χ1v) is 5.43. The second-order valence-corrected chi connectivity index (χ2v) is 3.65. The summed E-state index contributed by atoms with van der Waals surface area (Å²) in [4.78, 5) is 16.4. The molecule has 5 heteroatoms. The van der Waals surface area contributed by atoms with Gasteiger partial charge in [-0.05, 0) is 6.92 Å². The molecule has 2 heterocycles. The van der Waals surface area contributed by atoms with E-state index in [4.69, 9.17) is 0 Å². The molecule has 16 heavy (non-hydrogen) atoms. The van der Waals surface area contributed by atoms with E-state index >= 15 is 0 Å². The predicted molar refractivity (Wildman–Crippen MR) is 59.9 cm³/mol. The normalized spacial score (nSPS) is 10.6. The van der Waals surface area contributed by atoms with Gasteiger partial charge in [0.25, 0.3) is 0 Å². The van der Waals surface area contributed by atoms with Gasteiger partial charge in [-0.15, -0.1) is 0 Å². The van der Waals surface area contributed by atoms with Crippen LogP contribution in [0.5, 0.6) is 0 Å². The van der Waals surface area contributed by atoms with Crippen molar-refractivity contribution >= 4 is 0 Å². The molecule has 0 aliphatic carbocycles. The summed E-state index contributed by atoms with van der Waals surface area (Å²) in [5.74, 6) is 1.94. The molecule has 0 aliphatic heterocycles. The van der Waals surface area contributed by atoms with Gasteiger partial charge < -0.3 is 4.57 Å². The van der Waals surface area contributed by atoms with E-state index in [1.54, 1.807) is 0 Å². The van der Waals surface area contributed by atoms with Crippen LogP contribution in [0.15, 0.2) is 18.9 Å². The zero-order chi connectivity index (χ0) is 11.4. The summed E-state index contributed by atoms with van der Waals surface area (Å²) in [7, 11) is 0. The van der Waals surface area contributed by atoms with E-state index in [1.165, 1.54) is 12.7 Å². The van der Waals surface area contributed by atoms with Crippen molar-refractivity contribution in [1.29, 1.82) is 0 Å². The molecule has 0 bridgehead atoms. The summed E-state index contributed by atoms with van der Waals surface area (Å²) in [6, 6.07) is 0. The van der Waals surface area contributed by atoms with E-state index in [2.05, 4.69) is 37.6 Å². The Balaban J connectivity index is 2.04. The highest BCUT2D eigenvalue weighted by Gasteiger charge is 2.04. The van der Waals surface area contributed by atoms with Crippen LogP contribution >= 0.6 is 0 Å². The highest BCUT2D eigenvalue weighted by molar-refractivity contribution is 5.02. The zero-order valence-electron chi connectivity index (χ0n) is 9.59. The number of aryl methyl sites for hydroxylation is 4. The Morgan fingerprint density at radius 2 is 2.00 bits per heavy atom. The predicted octanol–water partition coefficient (Wildman–Crippen LogP) is 1.18. The van der Waals surface area contributed by atoms with Gasteiger partial charge in [0.2, 0.25) is 0 Å². The maximum atomic E-state index is 4.45. The quantitative estimate of drug-likeness (QED) is 0.771. The largest absolute Gasteiger partial charge is 0.334 e. The Morgan fingerprint density at radius 3 is 2.69 bits per heavy atom. The molecule has 0 aliphatic rings. The van der Waals surface area contributed by atoms with Gasteiger partial charge in [0, 0.05) is 25.6 Å². The monoisotopic (exact) mass is 217 g/mol. The fraction of sp³-hybridized carbons (Fsp3) is 0.455. The van der Waals surface area contributed by atoms with Crippen LogP contribution < -0.4 is 0 Å². The van der Waals surface area contributed by atoms with Crippen LogP contribution in [-0.4, -0.2) is 24.5 Å². The number of hydrogen-bond acceptors (Lipinski definition) is 4. The number of rotatable bonds is 4.